The van der Waals surface area contributed by atoms with Crippen LogP contribution in [-0.4, -0.2) is 21.0 Å². The molecule has 1 atom stereocenters. The largest absolute Gasteiger partial charge is 0.447 e. The number of hydrogen-bond donors (Lipinski definition) is 2. The minimum atomic E-state index is -3.51. The third-order valence-electron chi connectivity index (χ3n) is 4.07. The molecule has 112 valence electrons. The highest BCUT2D eigenvalue weighted by molar-refractivity contribution is 7.89. The first-order chi connectivity index (χ1) is 9.54. The van der Waals surface area contributed by atoms with Crippen LogP contribution in [0.4, 0.5) is 0 Å². The first-order valence-electron chi connectivity index (χ1n) is 7.36. The molecule has 0 amide bonds. The minimum absolute atomic E-state index is 0.0214. The van der Waals surface area contributed by atoms with Gasteiger partial charge in [-0.15, -0.1) is 0 Å². The number of hydrogen-bond acceptors (Lipinski definition) is 4. The second-order valence-electron chi connectivity index (χ2n) is 6.04. The van der Waals surface area contributed by atoms with Gasteiger partial charge in [-0.25, -0.2) is 13.1 Å². The smallest absolute Gasteiger partial charge is 0.273 e. The Bertz CT molecular complexity index is 559. The summed E-state index contributed by atoms with van der Waals surface area (Å²) in [5, 5.41) is 3.32. The highest BCUT2D eigenvalue weighted by Gasteiger charge is 2.29. The minimum Gasteiger partial charge on any atom is -0.447 e. The Kier molecular flexibility index (Phi) is 3.88. The number of sulfonamides is 1. The summed E-state index contributed by atoms with van der Waals surface area (Å²) in [4.78, 5) is 0. The van der Waals surface area contributed by atoms with Crippen molar-refractivity contribution in [1.82, 2.24) is 10.0 Å². The molecular weight excluding hydrogens is 276 g/mol. The molecule has 2 fully saturated rings. The van der Waals surface area contributed by atoms with Crippen LogP contribution in [0.15, 0.2) is 21.6 Å². The maximum absolute atomic E-state index is 12.1. The van der Waals surface area contributed by atoms with Gasteiger partial charge in [-0.1, -0.05) is 6.92 Å². The van der Waals surface area contributed by atoms with Crippen molar-refractivity contribution in [2.45, 2.75) is 50.3 Å². The molecule has 20 heavy (non-hydrogen) atoms. The van der Waals surface area contributed by atoms with E-state index in [1.54, 1.807) is 6.07 Å². The van der Waals surface area contributed by atoms with Gasteiger partial charge in [0.25, 0.3) is 10.0 Å². The Morgan fingerprint density at radius 2 is 2.05 bits per heavy atom. The molecule has 5 nitrogen and oxygen atoms in total. The normalized spacial score (nSPS) is 21.1. The van der Waals surface area contributed by atoms with E-state index < -0.39 is 10.0 Å². The van der Waals surface area contributed by atoms with Gasteiger partial charge >= 0.3 is 0 Å². The topological polar surface area (TPSA) is 71.3 Å². The van der Waals surface area contributed by atoms with Gasteiger partial charge in [-0.2, -0.15) is 0 Å². The fourth-order valence-corrected chi connectivity index (χ4v) is 3.36. The van der Waals surface area contributed by atoms with Crippen molar-refractivity contribution in [3.63, 3.8) is 0 Å². The summed E-state index contributed by atoms with van der Waals surface area (Å²) in [5.41, 5.74) is 0. The number of furan rings is 1. The second-order valence-corrected chi connectivity index (χ2v) is 7.74. The lowest BCUT2D eigenvalue weighted by molar-refractivity contribution is 0.396. The molecule has 6 heteroatoms. The molecule has 2 aliphatic carbocycles. The quantitative estimate of drug-likeness (QED) is 0.768. The van der Waals surface area contributed by atoms with Crippen molar-refractivity contribution in [2.24, 2.45) is 11.8 Å². The molecule has 2 aliphatic rings. The lowest BCUT2D eigenvalue weighted by atomic mass is 10.1. The average Bonchev–Trinajstić information content (AvgIpc) is 3.33. The molecule has 1 unspecified atom stereocenters. The third-order valence-corrected chi connectivity index (χ3v) is 5.36. The molecule has 3 rings (SSSR count). The van der Waals surface area contributed by atoms with Gasteiger partial charge in [-0.3, -0.25) is 0 Å². The highest BCUT2D eigenvalue weighted by Crippen LogP contribution is 2.36. The van der Waals surface area contributed by atoms with E-state index in [1.807, 2.05) is 0 Å². The van der Waals surface area contributed by atoms with E-state index in [1.165, 1.54) is 31.7 Å². The predicted octanol–water partition coefficient (Wildman–Crippen LogP) is 1.86. The van der Waals surface area contributed by atoms with Crippen molar-refractivity contribution >= 4 is 10.0 Å². The van der Waals surface area contributed by atoms with Crippen LogP contribution in [0, 0.1) is 11.8 Å². The molecule has 0 aromatic carbocycles. The van der Waals surface area contributed by atoms with Gasteiger partial charge in [0.15, 0.2) is 0 Å². The first-order valence-corrected chi connectivity index (χ1v) is 8.84. The monoisotopic (exact) mass is 298 g/mol. The van der Waals surface area contributed by atoms with Crippen LogP contribution in [0.5, 0.6) is 0 Å². The average molecular weight is 298 g/mol. The van der Waals surface area contributed by atoms with Crippen LogP contribution in [-0.2, 0) is 16.6 Å². The maximum atomic E-state index is 12.1. The summed E-state index contributed by atoms with van der Waals surface area (Å²) >= 11 is 0. The van der Waals surface area contributed by atoms with E-state index in [0.29, 0.717) is 36.7 Å². The Hall–Kier alpha value is -0.850. The molecule has 0 radical (unpaired) electrons. The van der Waals surface area contributed by atoms with E-state index in [2.05, 4.69) is 17.0 Å². The molecule has 1 aromatic rings. The van der Waals surface area contributed by atoms with Crippen LogP contribution >= 0.6 is 0 Å². The van der Waals surface area contributed by atoms with E-state index in [4.69, 9.17) is 4.42 Å². The molecule has 0 bridgehead atoms. The van der Waals surface area contributed by atoms with Crippen LogP contribution in [0.3, 0.4) is 0 Å². The molecular formula is C14H22N2O3S. The van der Waals surface area contributed by atoms with Gasteiger partial charge in [0.05, 0.1) is 6.54 Å². The van der Waals surface area contributed by atoms with Crippen molar-refractivity contribution < 1.29 is 12.8 Å². The van der Waals surface area contributed by atoms with Crippen LogP contribution in [0.1, 0.15) is 38.4 Å². The maximum Gasteiger partial charge on any atom is 0.273 e. The van der Waals surface area contributed by atoms with E-state index in [-0.39, 0.29) is 5.09 Å². The molecule has 1 aromatic heterocycles. The van der Waals surface area contributed by atoms with Crippen molar-refractivity contribution in [3.05, 3.63) is 17.9 Å². The summed E-state index contributed by atoms with van der Waals surface area (Å²) in [6, 6.07) is 3.85. The molecule has 0 saturated heterocycles. The van der Waals surface area contributed by atoms with E-state index in [0.717, 1.165) is 0 Å². The fourth-order valence-electron chi connectivity index (χ4n) is 2.27. The van der Waals surface area contributed by atoms with Gasteiger partial charge in [-0.05, 0) is 49.7 Å². The number of rotatable bonds is 8. The highest BCUT2D eigenvalue weighted by atomic mass is 32.2. The summed E-state index contributed by atoms with van der Waals surface area (Å²) < 4.78 is 32.3. The number of nitrogens with one attached hydrogen (secondary N) is 2. The van der Waals surface area contributed by atoms with Crippen LogP contribution in [0.2, 0.25) is 0 Å². The lowest BCUT2D eigenvalue weighted by Gasteiger charge is -2.10. The second kappa shape index (κ2) is 5.50. The molecule has 2 N–H and O–H groups in total. The lowest BCUT2D eigenvalue weighted by Crippen LogP contribution is -2.28. The van der Waals surface area contributed by atoms with Gasteiger partial charge in [0.1, 0.15) is 5.76 Å². The van der Waals surface area contributed by atoms with Crippen molar-refractivity contribution in [2.75, 3.05) is 6.54 Å². The SMILES string of the molecule is CC(CNS(=O)(=O)c1ccc(CNC2CC2)o1)C1CC1. The van der Waals surface area contributed by atoms with E-state index >= 15 is 0 Å². The summed E-state index contributed by atoms with van der Waals surface area (Å²) in [6.45, 7) is 3.18. The van der Waals surface area contributed by atoms with Gasteiger partial charge in [0, 0.05) is 12.6 Å². The molecule has 2 saturated carbocycles. The Morgan fingerprint density at radius 1 is 1.30 bits per heavy atom. The Labute approximate surface area is 120 Å². The van der Waals surface area contributed by atoms with Crippen molar-refractivity contribution in [3.8, 4) is 0 Å². The van der Waals surface area contributed by atoms with Crippen molar-refractivity contribution in [1.29, 1.82) is 0 Å². The molecule has 0 aliphatic heterocycles. The zero-order valence-corrected chi connectivity index (χ0v) is 12.6. The van der Waals surface area contributed by atoms with Crippen LogP contribution in [0.25, 0.3) is 0 Å². The zero-order valence-electron chi connectivity index (χ0n) is 11.8. The fraction of sp³-hybridized carbons (Fsp3) is 0.714. The first kappa shape index (κ1) is 14.1. The standard InChI is InChI=1S/C14H22N2O3S/c1-10(11-2-3-11)8-16-20(17,18)14-7-6-13(19-14)9-15-12-4-5-12/h6-7,10-12,15-16H,2-5,8-9H2,1H3. The third kappa shape index (κ3) is 3.62. The van der Waals surface area contributed by atoms with E-state index in [9.17, 15) is 8.42 Å². The Morgan fingerprint density at radius 3 is 2.70 bits per heavy atom. The molecule has 0 spiro atoms. The van der Waals surface area contributed by atoms with Gasteiger partial charge in [0.2, 0.25) is 5.09 Å². The molecule has 1 heterocycles. The summed E-state index contributed by atoms with van der Waals surface area (Å²) in [6.07, 6.45) is 4.85. The zero-order chi connectivity index (χ0) is 14.2. The van der Waals surface area contributed by atoms with Crippen LogP contribution < -0.4 is 10.0 Å². The Balaban J connectivity index is 1.55. The summed E-state index contributed by atoms with van der Waals surface area (Å²) in [5.74, 6) is 1.76. The van der Waals surface area contributed by atoms with Gasteiger partial charge < -0.3 is 9.73 Å². The summed E-state index contributed by atoms with van der Waals surface area (Å²) in [7, 11) is -3.51. The predicted molar refractivity (Wildman–Crippen MR) is 75.6 cm³/mol.